The highest BCUT2D eigenvalue weighted by Gasteiger charge is 2.68. The minimum absolute atomic E-state index is 0.147. The minimum Gasteiger partial charge on any atom is -0.298 e. The van der Waals surface area contributed by atoms with Gasteiger partial charge < -0.3 is 0 Å². The number of fused-ring (bicyclic) bond motifs is 5. The van der Waals surface area contributed by atoms with Crippen LogP contribution in [0, 0.1) is 50.7 Å². The number of carbonyl (C=O) groups excluding carboxylic acids is 1. The number of aldehydes is 1. The molecule has 5 rings (SSSR count). The monoisotopic (exact) mass is 488 g/mol. The molecule has 0 aliphatic heterocycles. The topological polar surface area (TPSA) is 17.1 Å². The predicted octanol–water partition coefficient (Wildman–Crippen LogP) is 10.0. The lowest BCUT2D eigenvalue weighted by molar-refractivity contribution is -0.224. The van der Waals surface area contributed by atoms with Crippen LogP contribution >= 0.6 is 0 Å². The Morgan fingerprint density at radius 1 is 0.833 bits per heavy atom. The molecule has 1 nitrogen and oxygen atoms in total. The van der Waals surface area contributed by atoms with E-state index in [4.69, 9.17) is 0 Å². The first kappa shape index (κ1) is 26.2. The molecule has 1 aromatic carbocycles. The van der Waals surface area contributed by atoms with E-state index < -0.39 is 0 Å². The Morgan fingerprint density at radius 2 is 1.53 bits per heavy atom. The molecule has 7 atom stereocenters. The smallest absolute Gasteiger partial charge is 0.150 e. The maximum atomic E-state index is 11.2. The molecular weight excluding hydrogens is 436 g/mol. The number of allylic oxidation sites excluding steroid dienone is 2. The van der Waals surface area contributed by atoms with Crippen LogP contribution in [-0.2, 0) is 0 Å². The Kier molecular flexibility index (Phi) is 6.25. The van der Waals surface area contributed by atoms with E-state index in [1.807, 2.05) is 12.1 Å². The number of benzene rings is 1. The number of rotatable bonds is 4. The fourth-order valence-electron chi connectivity index (χ4n) is 11.1. The Balaban J connectivity index is 1.52. The van der Waals surface area contributed by atoms with Crippen molar-refractivity contribution in [1.82, 2.24) is 0 Å². The normalized spacial score (nSPS) is 42.9. The van der Waals surface area contributed by atoms with Crippen molar-refractivity contribution in [2.24, 2.45) is 50.7 Å². The number of hydrogen-bond acceptors (Lipinski definition) is 1. The van der Waals surface area contributed by atoms with Gasteiger partial charge in [-0.05, 0) is 113 Å². The summed E-state index contributed by atoms with van der Waals surface area (Å²) in [5, 5.41) is 0. The van der Waals surface area contributed by atoms with Crippen LogP contribution in [0.25, 0.3) is 5.57 Å². The molecule has 1 aromatic rings. The Morgan fingerprint density at radius 3 is 2.17 bits per heavy atom. The summed E-state index contributed by atoms with van der Waals surface area (Å²) in [6, 6.07) is 8.34. The van der Waals surface area contributed by atoms with Crippen LogP contribution in [0.1, 0.15) is 129 Å². The van der Waals surface area contributed by atoms with Gasteiger partial charge in [0.25, 0.3) is 0 Å². The second kappa shape index (κ2) is 8.57. The minimum atomic E-state index is 0.147. The van der Waals surface area contributed by atoms with Gasteiger partial charge in [-0.25, -0.2) is 0 Å². The van der Waals surface area contributed by atoms with Crippen LogP contribution in [0.15, 0.2) is 30.3 Å². The van der Waals surface area contributed by atoms with E-state index in [1.54, 1.807) is 0 Å². The molecule has 3 saturated carbocycles. The zero-order valence-corrected chi connectivity index (χ0v) is 24.5. The third kappa shape index (κ3) is 3.50. The van der Waals surface area contributed by atoms with E-state index in [-0.39, 0.29) is 5.41 Å². The molecule has 3 unspecified atom stereocenters. The van der Waals surface area contributed by atoms with Crippen molar-refractivity contribution in [3.05, 3.63) is 41.5 Å². The largest absolute Gasteiger partial charge is 0.298 e. The van der Waals surface area contributed by atoms with Crippen LogP contribution < -0.4 is 0 Å². The predicted molar refractivity (Wildman–Crippen MR) is 153 cm³/mol. The van der Waals surface area contributed by atoms with Crippen LogP contribution in [0.4, 0.5) is 0 Å². The van der Waals surface area contributed by atoms with Crippen molar-refractivity contribution in [2.75, 3.05) is 0 Å². The van der Waals surface area contributed by atoms with Crippen LogP contribution in [-0.4, -0.2) is 6.29 Å². The van der Waals surface area contributed by atoms with Gasteiger partial charge in [0.15, 0.2) is 0 Å². The molecule has 0 spiro atoms. The summed E-state index contributed by atoms with van der Waals surface area (Å²) in [7, 11) is 0. The summed E-state index contributed by atoms with van der Waals surface area (Å²) in [5.74, 6) is 3.29. The second-order valence-corrected chi connectivity index (χ2v) is 15.3. The quantitative estimate of drug-likeness (QED) is 0.385. The van der Waals surface area contributed by atoms with Crippen LogP contribution in [0.2, 0.25) is 0 Å². The summed E-state index contributed by atoms with van der Waals surface area (Å²) in [6.45, 7) is 20.8. The molecule has 198 valence electrons. The van der Waals surface area contributed by atoms with E-state index >= 15 is 0 Å². The molecule has 4 aliphatic rings. The van der Waals surface area contributed by atoms with Crippen molar-refractivity contribution < 1.29 is 4.79 Å². The molecule has 0 saturated heterocycles. The fraction of sp³-hybridized carbons (Fsp3) is 0.743. The molecule has 0 N–H and O–H groups in total. The lowest BCUT2D eigenvalue weighted by atomic mass is 9.32. The third-order valence-electron chi connectivity index (χ3n) is 13.2. The second-order valence-electron chi connectivity index (χ2n) is 15.3. The van der Waals surface area contributed by atoms with E-state index in [0.29, 0.717) is 27.6 Å². The molecule has 3 fully saturated rings. The van der Waals surface area contributed by atoms with Crippen molar-refractivity contribution >= 4 is 11.9 Å². The van der Waals surface area contributed by atoms with E-state index in [0.717, 1.165) is 29.6 Å². The average molecular weight is 489 g/mol. The highest BCUT2D eigenvalue weighted by atomic mass is 16.1. The zero-order valence-electron chi connectivity index (χ0n) is 24.5. The first-order chi connectivity index (χ1) is 16.8. The summed E-state index contributed by atoms with van der Waals surface area (Å²) in [5.41, 5.74) is 5.51. The highest BCUT2D eigenvalue weighted by Crippen LogP contribution is 2.76. The highest BCUT2D eigenvalue weighted by molar-refractivity contribution is 5.78. The van der Waals surface area contributed by atoms with Crippen LogP contribution in [0.5, 0.6) is 0 Å². The Bertz CT molecular complexity index is 1030. The SMILES string of the molecule is CCC[C@@H]1C2CC[C@@H]3C4(C)CC=C(c5ccc(C=O)cc5)C(C)(C)[C@@H]4CCC3(C)[C@]2(C)CCC1(C)C. The fourth-order valence-corrected chi connectivity index (χ4v) is 11.1. The summed E-state index contributed by atoms with van der Waals surface area (Å²) in [6.07, 6.45) is 15.9. The molecule has 1 heteroatoms. The van der Waals surface area contributed by atoms with Gasteiger partial charge in [0, 0.05) is 5.56 Å². The van der Waals surface area contributed by atoms with Gasteiger partial charge in [-0.3, -0.25) is 4.79 Å². The molecule has 0 bridgehead atoms. The molecule has 0 amide bonds. The first-order valence-electron chi connectivity index (χ1n) is 15.1. The maximum Gasteiger partial charge on any atom is 0.150 e. The molecule has 4 aliphatic carbocycles. The standard InChI is InChI=1S/C35H52O/c1-9-10-27-28-15-16-30-33(6)19-17-26(25-13-11-24(23-36)12-14-25)32(4,5)29(33)18-20-35(30,8)34(28,7)22-21-31(27,2)3/h11-14,17,23,27-30H,9-10,15-16,18-22H2,1-8H3/t27-,28?,29+,30-,33?,34-,35?/m1/s1. The maximum absolute atomic E-state index is 11.2. The lowest BCUT2D eigenvalue weighted by Crippen LogP contribution is -2.65. The van der Waals surface area contributed by atoms with E-state index in [9.17, 15) is 4.79 Å². The molecule has 36 heavy (non-hydrogen) atoms. The van der Waals surface area contributed by atoms with Gasteiger partial charge in [-0.1, -0.05) is 92.2 Å². The average Bonchev–Trinajstić information content (AvgIpc) is 2.82. The van der Waals surface area contributed by atoms with Gasteiger partial charge in [0.05, 0.1) is 0 Å². The molecule has 0 heterocycles. The Hall–Kier alpha value is -1.37. The first-order valence-corrected chi connectivity index (χ1v) is 15.1. The van der Waals surface area contributed by atoms with Gasteiger partial charge >= 0.3 is 0 Å². The summed E-state index contributed by atoms with van der Waals surface area (Å²) < 4.78 is 0. The van der Waals surface area contributed by atoms with Gasteiger partial charge in [0.1, 0.15) is 6.29 Å². The summed E-state index contributed by atoms with van der Waals surface area (Å²) >= 11 is 0. The van der Waals surface area contributed by atoms with Crippen molar-refractivity contribution in [2.45, 2.75) is 113 Å². The molecule has 0 radical (unpaired) electrons. The van der Waals surface area contributed by atoms with Crippen molar-refractivity contribution in [1.29, 1.82) is 0 Å². The van der Waals surface area contributed by atoms with Crippen molar-refractivity contribution in [3.63, 3.8) is 0 Å². The van der Waals surface area contributed by atoms with Crippen LogP contribution in [0.3, 0.4) is 0 Å². The van der Waals surface area contributed by atoms with Gasteiger partial charge in [-0.15, -0.1) is 0 Å². The van der Waals surface area contributed by atoms with Crippen molar-refractivity contribution in [3.8, 4) is 0 Å². The van der Waals surface area contributed by atoms with Gasteiger partial charge in [0.2, 0.25) is 0 Å². The number of hydrogen-bond donors (Lipinski definition) is 0. The molecular formula is C35H52O. The molecule has 0 aromatic heterocycles. The van der Waals surface area contributed by atoms with E-state index in [2.05, 4.69) is 73.6 Å². The van der Waals surface area contributed by atoms with E-state index in [1.165, 1.54) is 68.9 Å². The number of carbonyl (C=O) groups is 1. The zero-order chi connectivity index (χ0) is 26.1. The third-order valence-corrected chi connectivity index (χ3v) is 13.2. The Labute approximate surface area is 221 Å². The van der Waals surface area contributed by atoms with Gasteiger partial charge in [-0.2, -0.15) is 0 Å². The summed E-state index contributed by atoms with van der Waals surface area (Å²) in [4.78, 5) is 11.2. The lowest BCUT2D eigenvalue weighted by Gasteiger charge is -2.72.